The standard InChI is InChI=1S/C15H13ClF2OS/c16-11-6-5-10(14(18)8-11)7-12(19)9-20-15-4-2-1-3-13(15)17/h1-6,8,12,19H,7,9H2. The van der Waals surface area contributed by atoms with Crippen LogP contribution < -0.4 is 0 Å². The predicted octanol–water partition coefficient (Wildman–Crippen LogP) is 4.31. The van der Waals surface area contributed by atoms with Crippen molar-refractivity contribution in [2.45, 2.75) is 17.4 Å². The molecule has 1 atom stereocenters. The van der Waals surface area contributed by atoms with Gasteiger partial charge in [0.1, 0.15) is 11.6 Å². The molecule has 0 spiro atoms. The van der Waals surface area contributed by atoms with E-state index >= 15 is 0 Å². The van der Waals surface area contributed by atoms with Gasteiger partial charge in [-0.25, -0.2) is 8.78 Å². The average molecular weight is 315 g/mol. The quantitative estimate of drug-likeness (QED) is 0.830. The molecule has 0 fully saturated rings. The van der Waals surface area contributed by atoms with Gasteiger partial charge in [0.2, 0.25) is 0 Å². The summed E-state index contributed by atoms with van der Waals surface area (Å²) < 4.78 is 27.0. The minimum Gasteiger partial charge on any atom is -0.392 e. The Hall–Kier alpha value is -1.10. The van der Waals surface area contributed by atoms with Gasteiger partial charge in [0.15, 0.2) is 0 Å². The Morgan fingerprint density at radius 2 is 1.85 bits per heavy atom. The first-order chi connectivity index (χ1) is 9.56. The van der Waals surface area contributed by atoms with Crippen molar-refractivity contribution in [1.82, 2.24) is 0 Å². The molecule has 2 aromatic carbocycles. The van der Waals surface area contributed by atoms with Crippen molar-refractivity contribution in [2.75, 3.05) is 5.75 Å². The largest absolute Gasteiger partial charge is 0.392 e. The molecule has 0 aromatic heterocycles. The summed E-state index contributed by atoms with van der Waals surface area (Å²) in [5.74, 6) is -0.460. The SMILES string of the molecule is OC(CSc1ccccc1F)Cc1ccc(Cl)cc1F. The highest BCUT2D eigenvalue weighted by molar-refractivity contribution is 7.99. The van der Waals surface area contributed by atoms with Crippen LogP contribution in [0.4, 0.5) is 8.78 Å². The van der Waals surface area contributed by atoms with Crippen LogP contribution in [0.15, 0.2) is 47.4 Å². The maximum absolute atomic E-state index is 13.6. The number of rotatable bonds is 5. The molecular formula is C15H13ClF2OS. The summed E-state index contributed by atoms with van der Waals surface area (Å²) >= 11 is 6.87. The first-order valence-electron chi connectivity index (χ1n) is 6.05. The number of aliphatic hydroxyl groups is 1. The maximum Gasteiger partial charge on any atom is 0.136 e. The van der Waals surface area contributed by atoms with Crippen LogP contribution in [0.5, 0.6) is 0 Å². The molecule has 0 aliphatic rings. The number of aliphatic hydroxyl groups excluding tert-OH is 1. The molecule has 0 aliphatic carbocycles. The first-order valence-corrected chi connectivity index (χ1v) is 7.42. The Bertz CT molecular complexity index is 592. The molecule has 1 nitrogen and oxygen atoms in total. The third-order valence-electron chi connectivity index (χ3n) is 2.74. The van der Waals surface area contributed by atoms with E-state index in [1.807, 2.05) is 0 Å². The Labute approximate surface area is 125 Å². The molecule has 1 unspecified atom stereocenters. The van der Waals surface area contributed by atoms with Crippen LogP contribution >= 0.6 is 23.4 Å². The van der Waals surface area contributed by atoms with Crippen LogP contribution in [0, 0.1) is 11.6 Å². The van der Waals surface area contributed by atoms with E-state index in [2.05, 4.69) is 0 Å². The smallest absolute Gasteiger partial charge is 0.136 e. The van der Waals surface area contributed by atoms with Crippen molar-refractivity contribution < 1.29 is 13.9 Å². The second-order valence-corrected chi connectivity index (χ2v) is 5.83. The minimum absolute atomic E-state index is 0.171. The Morgan fingerprint density at radius 3 is 2.55 bits per heavy atom. The predicted molar refractivity (Wildman–Crippen MR) is 78.2 cm³/mol. The van der Waals surface area contributed by atoms with Gasteiger partial charge in [-0.3, -0.25) is 0 Å². The summed E-state index contributed by atoms with van der Waals surface area (Å²) in [4.78, 5) is 0.475. The molecular weight excluding hydrogens is 302 g/mol. The molecule has 1 N–H and O–H groups in total. The number of thioether (sulfide) groups is 1. The van der Waals surface area contributed by atoms with Gasteiger partial charge in [0.25, 0.3) is 0 Å². The van der Waals surface area contributed by atoms with Gasteiger partial charge >= 0.3 is 0 Å². The topological polar surface area (TPSA) is 20.2 Å². The van der Waals surface area contributed by atoms with Crippen molar-refractivity contribution in [1.29, 1.82) is 0 Å². The zero-order valence-electron chi connectivity index (χ0n) is 10.5. The average Bonchev–Trinajstić information content (AvgIpc) is 2.41. The first kappa shape index (κ1) is 15.3. The fourth-order valence-electron chi connectivity index (χ4n) is 1.75. The molecule has 20 heavy (non-hydrogen) atoms. The Kier molecular flexibility index (Phi) is 5.40. The molecule has 0 radical (unpaired) electrons. The normalized spacial score (nSPS) is 12.4. The van der Waals surface area contributed by atoms with Crippen LogP contribution in [-0.4, -0.2) is 17.0 Å². The molecule has 0 heterocycles. The zero-order valence-corrected chi connectivity index (χ0v) is 12.1. The third-order valence-corrected chi connectivity index (χ3v) is 4.17. The van der Waals surface area contributed by atoms with Crippen LogP contribution in [0.1, 0.15) is 5.56 Å². The molecule has 0 amide bonds. The fourth-order valence-corrected chi connectivity index (χ4v) is 2.78. The van der Waals surface area contributed by atoms with Crippen molar-refractivity contribution in [3.05, 3.63) is 64.7 Å². The lowest BCUT2D eigenvalue weighted by Gasteiger charge is -2.11. The highest BCUT2D eigenvalue weighted by Gasteiger charge is 2.11. The van der Waals surface area contributed by atoms with Crippen LogP contribution in [0.3, 0.4) is 0 Å². The van der Waals surface area contributed by atoms with E-state index in [9.17, 15) is 13.9 Å². The van der Waals surface area contributed by atoms with E-state index in [1.54, 1.807) is 30.3 Å². The molecule has 0 saturated carbocycles. The molecule has 2 aromatic rings. The van der Waals surface area contributed by atoms with E-state index in [-0.39, 0.29) is 12.2 Å². The van der Waals surface area contributed by atoms with Crippen molar-refractivity contribution in [3.63, 3.8) is 0 Å². The molecule has 2 rings (SSSR count). The summed E-state index contributed by atoms with van der Waals surface area (Å²) in [5, 5.41) is 10.2. The van der Waals surface area contributed by atoms with Crippen molar-refractivity contribution >= 4 is 23.4 Å². The highest BCUT2D eigenvalue weighted by atomic mass is 35.5. The number of halogens is 3. The highest BCUT2D eigenvalue weighted by Crippen LogP contribution is 2.23. The Morgan fingerprint density at radius 1 is 1.10 bits per heavy atom. The van der Waals surface area contributed by atoms with Crippen LogP contribution in [0.25, 0.3) is 0 Å². The lowest BCUT2D eigenvalue weighted by molar-refractivity contribution is 0.198. The van der Waals surface area contributed by atoms with E-state index in [0.29, 0.717) is 21.2 Å². The molecule has 106 valence electrons. The summed E-state index contributed by atoms with van der Waals surface area (Å²) in [6, 6.07) is 10.7. The lowest BCUT2D eigenvalue weighted by atomic mass is 10.1. The number of hydrogen-bond acceptors (Lipinski definition) is 2. The molecule has 0 bridgehead atoms. The van der Waals surface area contributed by atoms with Gasteiger partial charge in [0, 0.05) is 22.1 Å². The zero-order chi connectivity index (χ0) is 14.5. The van der Waals surface area contributed by atoms with Gasteiger partial charge in [-0.2, -0.15) is 0 Å². The van der Waals surface area contributed by atoms with E-state index in [0.717, 1.165) is 0 Å². The van der Waals surface area contributed by atoms with Gasteiger partial charge in [0.05, 0.1) is 6.10 Å². The summed E-state index contributed by atoms with van der Waals surface area (Å²) in [7, 11) is 0. The molecule has 0 aliphatic heterocycles. The Balaban J connectivity index is 1.92. The van der Waals surface area contributed by atoms with Crippen molar-refractivity contribution in [2.24, 2.45) is 0 Å². The van der Waals surface area contributed by atoms with E-state index in [4.69, 9.17) is 11.6 Å². The molecule has 0 saturated heterocycles. The monoisotopic (exact) mass is 314 g/mol. The minimum atomic E-state index is -0.754. The summed E-state index contributed by atoms with van der Waals surface area (Å²) in [6.07, 6.45) is -0.583. The number of benzene rings is 2. The number of hydrogen-bond donors (Lipinski definition) is 1. The maximum atomic E-state index is 13.6. The third kappa shape index (κ3) is 4.20. The van der Waals surface area contributed by atoms with E-state index < -0.39 is 11.9 Å². The van der Waals surface area contributed by atoms with Crippen molar-refractivity contribution in [3.8, 4) is 0 Å². The van der Waals surface area contributed by atoms with Gasteiger partial charge < -0.3 is 5.11 Å². The fraction of sp³-hybridized carbons (Fsp3) is 0.200. The van der Waals surface area contributed by atoms with Gasteiger partial charge in [-0.15, -0.1) is 11.8 Å². The summed E-state index contributed by atoms with van der Waals surface area (Å²) in [6.45, 7) is 0. The molecule has 5 heteroatoms. The van der Waals surface area contributed by atoms with Crippen LogP contribution in [0.2, 0.25) is 5.02 Å². The van der Waals surface area contributed by atoms with Gasteiger partial charge in [-0.05, 0) is 29.8 Å². The summed E-state index contributed by atoms with van der Waals surface area (Å²) in [5.41, 5.74) is 0.399. The second kappa shape index (κ2) is 7.07. The van der Waals surface area contributed by atoms with Gasteiger partial charge in [-0.1, -0.05) is 29.8 Å². The van der Waals surface area contributed by atoms with Crippen LogP contribution in [-0.2, 0) is 6.42 Å². The van der Waals surface area contributed by atoms with E-state index in [1.165, 1.54) is 23.9 Å². The second-order valence-electron chi connectivity index (χ2n) is 4.34. The lowest BCUT2D eigenvalue weighted by Crippen LogP contribution is -2.14.